The number of hydrogen-bond donors (Lipinski definition) is 0. The van der Waals surface area contributed by atoms with Gasteiger partial charge in [-0.25, -0.2) is 14.4 Å². The zero-order valence-corrected chi connectivity index (χ0v) is 26.2. The molecule has 3 aliphatic rings. The Labute approximate surface area is 269 Å². The molecule has 0 aliphatic carbocycles. The van der Waals surface area contributed by atoms with Crippen LogP contribution in [-0.2, 0) is 0 Å². The third kappa shape index (κ3) is 6.15. The number of pyridine rings is 1. The maximum absolute atomic E-state index is 15.7. The Morgan fingerprint density at radius 1 is 0.935 bits per heavy atom. The number of rotatable bonds is 10. The molecule has 0 amide bonds. The van der Waals surface area contributed by atoms with Gasteiger partial charge in [0.15, 0.2) is 23.1 Å². The molecular formula is C37H38FN5O3. The Kier molecular flexibility index (Phi) is 8.57. The Bertz CT molecular complexity index is 1800. The smallest absolute Gasteiger partial charge is 0.167 e. The molecule has 3 aliphatic heterocycles. The number of hydrogen-bond acceptors (Lipinski definition) is 8. The topological polar surface area (TPSA) is 62.7 Å². The fourth-order valence-corrected chi connectivity index (χ4v) is 6.22. The predicted octanol–water partition coefficient (Wildman–Crippen LogP) is 7.68. The third-order valence-electron chi connectivity index (χ3n) is 8.82. The minimum Gasteiger partial charge on any atom is -0.493 e. The van der Waals surface area contributed by atoms with E-state index >= 15 is 4.39 Å². The summed E-state index contributed by atoms with van der Waals surface area (Å²) in [6.45, 7) is 6.82. The lowest BCUT2D eigenvalue weighted by Crippen LogP contribution is -2.37. The summed E-state index contributed by atoms with van der Waals surface area (Å²) in [7, 11) is 1.61. The van der Waals surface area contributed by atoms with E-state index in [9.17, 15) is 0 Å². The summed E-state index contributed by atoms with van der Waals surface area (Å²) in [5.74, 6) is 2.96. The zero-order chi connectivity index (χ0) is 31.5. The molecule has 3 aromatic carbocycles. The molecule has 0 N–H and O–H groups in total. The first-order valence-corrected chi connectivity index (χ1v) is 15.9. The van der Waals surface area contributed by atoms with Crippen LogP contribution in [0, 0.1) is 11.7 Å². The van der Waals surface area contributed by atoms with Crippen molar-refractivity contribution in [2.45, 2.75) is 26.2 Å². The minimum absolute atomic E-state index is 0.116. The Morgan fingerprint density at radius 3 is 2.59 bits per heavy atom. The van der Waals surface area contributed by atoms with Crippen LogP contribution >= 0.6 is 0 Å². The summed E-state index contributed by atoms with van der Waals surface area (Å²) < 4.78 is 33.6. The van der Waals surface area contributed by atoms with Crippen LogP contribution in [0.2, 0.25) is 0 Å². The summed E-state index contributed by atoms with van der Waals surface area (Å²) in [4.78, 5) is 11.6. The zero-order valence-electron chi connectivity index (χ0n) is 26.2. The van der Waals surface area contributed by atoms with Crippen molar-refractivity contribution in [1.29, 1.82) is 0 Å². The molecule has 0 radical (unpaired) electrons. The number of benzene rings is 3. The van der Waals surface area contributed by atoms with Crippen LogP contribution in [0.5, 0.6) is 23.0 Å². The van der Waals surface area contributed by atoms with Crippen molar-refractivity contribution in [2.24, 2.45) is 10.9 Å². The van der Waals surface area contributed by atoms with Gasteiger partial charge in [-0.05, 0) is 74.7 Å². The van der Waals surface area contributed by atoms with Gasteiger partial charge in [-0.15, -0.1) is 0 Å². The highest BCUT2D eigenvalue weighted by molar-refractivity contribution is 5.89. The number of anilines is 1. The fraction of sp³-hybridized carbons (Fsp3) is 0.297. The number of nitrogens with zero attached hydrogens (tertiary/aromatic N) is 5. The number of fused-ring (bicyclic) bond motifs is 2. The number of halogens is 1. The molecule has 46 heavy (non-hydrogen) atoms. The average molecular weight is 620 g/mol. The summed E-state index contributed by atoms with van der Waals surface area (Å²) in [5, 5.41) is 4.72. The van der Waals surface area contributed by atoms with Crippen LogP contribution in [0.25, 0.3) is 16.6 Å². The lowest BCUT2D eigenvalue weighted by molar-refractivity contribution is 0.176. The highest BCUT2D eigenvalue weighted by Gasteiger charge is 2.30. The molecule has 4 heterocycles. The van der Waals surface area contributed by atoms with Crippen molar-refractivity contribution >= 4 is 28.5 Å². The molecule has 7 rings (SSSR count). The molecule has 1 fully saturated rings. The Hall–Kier alpha value is -4.89. The van der Waals surface area contributed by atoms with Gasteiger partial charge in [0.1, 0.15) is 11.6 Å². The van der Waals surface area contributed by atoms with Crippen LogP contribution < -0.4 is 19.2 Å². The molecule has 0 unspecified atom stereocenters. The number of allylic oxidation sites excluding steroid dienone is 1. The maximum atomic E-state index is 15.7. The number of hydrazine groups is 1. The first kappa shape index (κ1) is 29.8. The molecule has 0 saturated carbocycles. The molecule has 0 atom stereocenters. The molecule has 0 bridgehead atoms. The highest BCUT2D eigenvalue weighted by atomic mass is 19.1. The van der Waals surface area contributed by atoms with Crippen LogP contribution in [0.3, 0.4) is 0 Å². The lowest BCUT2D eigenvalue weighted by atomic mass is 9.99. The van der Waals surface area contributed by atoms with Gasteiger partial charge in [0.2, 0.25) is 0 Å². The fourth-order valence-electron chi connectivity index (χ4n) is 6.22. The molecule has 236 valence electrons. The second-order valence-corrected chi connectivity index (χ2v) is 11.9. The van der Waals surface area contributed by atoms with Gasteiger partial charge in [-0.1, -0.05) is 37.3 Å². The molecule has 1 aromatic heterocycles. The Balaban J connectivity index is 1.06. The van der Waals surface area contributed by atoms with Gasteiger partial charge >= 0.3 is 0 Å². The molecule has 8 nitrogen and oxygen atoms in total. The quantitative estimate of drug-likeness (QED) is 0.169. The van der Waals surface area contributed by atoms with E-state index < -0.39 is 5.82 Å². The van der Waals surface area contributed by atoms with E-state index in [1.807, 2.05) is 58.6 Å². The average Bonchev–Trinajstić information content (AvgIpc) is 3.53. The van der Waals surface area contributed by atoms with E-state index in [0.717, 1.165) is 49.1 Å². The van der Waals surface area contributed by atoms with E-state index in [2.05, 4.69) is 33.9 Å². The van der Waals surface area contributed by atoms with Crippen LogP contribution in [0.4, 0.5) is 10.1 Å². The first-order valence-electron chi connectivity index (χ1n) is 15.9. The van der Waals surface area contributed by atoms with E-state index in [1.165, 1.54) is 18.9 Å². The SMILES string of the molecule is COc1cc2c(Oc3ccc(N4CC=C5N=CC=C(c6ccccc6)N54)cc3F)ccnc2cc1OCCCN1CCC(C)CC1. The molecule has 1 saturated heterocycles. The van der Waals surface area contributed by atoms with Gasteiger partial charge in [0.25, 0.3) is 0 Å². The largest absolute Gasteiger partial charge is 0.493 e. The number of methoxy groups -OCH3 is 1. The van der Waals surface area contributed by atoms with E-state index in [1.54, 1.807) is 31.7 Å². The predicted molar refractivity (Wildman–Crippen MR) is 180 cm³/mol. The van der Waals surface area contributed by atoms with Gasteiger partial charge in [0, 0.05) is 42.0 Å². The van der Waals surface area contributed by atoms with Gasteiger partial charge in [-0.3, -0.25) is 9.99 Å². The summed E-state index contributed by atoms with van der Waals surface area (Å²) in [6, 6.07) is 20.5. The second kappa shape index (κ2) is 13.2. The van der Waals surface area contributed by atoms with E-state index in [0.29, 0.717) is 47.0 Å². The number of piperidine rings is 1. The van der Waals surface area contributed by atoms with Crippen LogP contribution in [0.1, 0.15) is 31.7 Å². The summed E-state index contributed by atoms with van der Waals surface area (Å²) in [5.41, 5.74) is 3.38. The summed E-state index contributed by atoms with van der Waals surface area (Å²) in [6.07, 6.45) is 10.9. The monoisotopic (exact) mass is 619 g/mol. The van der Waals surface area contributed by atoms with Crippen molar-refractivity contribution in [3.05, 3.63) is 102 Å². The number of aromatic nitrogens is 1. The van der Waals surface area contributed by atoms with Gasteiger partial charge < -0.3 is 19.1 Å². The second-order valence-electron chi connectivity index (χ2n) is 11.9. The van der Waals surface area contributed by atoms with Crippen molar-refractivity contribution in [3.8, 4) is 23.0 Å². The molecule has 9 heteroatoms. The molecule has 0 spiro atoms. The van der Waals surface area contributed by atoms with Crippen molar-refractivity contribution in [3.63, 3.8) is 0 Å². The van der Waals surface area contributed by atoms with Crippen molar-refractivity contribution < 1.29 is 18.6 Å². The maximum Gasteiger partial charge on any atom is 0.167 e. The first-order chi connectivity index (χ1) is 22.6. The minimum atomic E-state index is -0.475. The van der Waals surface area contributed by atoms with Crippen molar-refractivity contribution in [2.75, 3.05) is 44.9 Å². The number of likely N-dealkylation sites (tertiary alicyclic amines) is 1. The number of ether oxygens (including phenoxy) is 3. The van der Waals surface area contributed by atoms with Crippen LogP contribution in [-0.4, -0.2) is 61.0 Å². The molecular weight excluding hydrogens is 581 g/mol. The van der Waals surface area contributed by atoms with Crippen molar-refractivity contribution in [1.82, 2.24) is 14.9 Å². The highest BCUT2D eigenvalue weighted by Crippen LogP contribution is 2.40. The van der Waals surface area contributed by atoms with Gasteiger partial charge in [0.05, 0.1) is 37.2 Å². The molecule has 4 aromatic rings. The van der Waals surface area contributed by atoms with E-state index in [-0.39, 0.29) is 5.75 Å². The third-order valence-corrected chi connectivity index (χ3v) is 8.82. The van der Waals surface area contributed by atoms with Gasteiger partial charge in [-0.2, -0.15) is 0 Å². The lowest BCUT2D eigenvalue weighted by Gasteiger charge is -2.35. The normalized spacial score (nSPS) is 16.8. The summed E-state index contributed by atoms with van der Waals surface area (Å²) >= 11 is 0. The Morgan fingerprint density at radius 2 is 1.78 bits per heavy atom. The number of aliphatic imine (C=N–C) groups is 1. The van der Waals surface area contributed by atoms with E-state index in [4.69, 9.17) is 14.2 Å². The standard InChI is InChI=1S/C37H38FN5O3/c1-26-13-19-41(20-14-26)18-6-22-45-36-25-31-29(24-35(36)44-2)33(12-17-39-31)46-34-10-9-28(23-30(34)38)42-21-15-37-40-16-11-32(43(37)42)27-7-4-3-5-8-27/h3-5,7-12,15-17,23-26H,6,13-14,18-22H2,1-2H3. The van der Waals surface area contributed by atoms with Crippen LogP contribution in [0.15, 0.2) is 95.9 Å².